The number of hydrogen-bond donors (Lipinski definition) is 3. The van der Waals surface area contributed by atoms with Gasteiger partial charge in [-0.2, -0.15) is 0 Å². The molecule has 1 aliphatic carbocycles. The highest BCUT2D eigenvalue weighted by molar-refractivity contribution is 5.92. The molecule has 1 aromatic carbocycles. The number of hydrogen-bond acceptors (Lipinski definition) is 3. The van der Waals surface area contributed by atoms with Gasteiger partial charge in [0.1, 0.15) is 0 Å². The first-order valence-electron chi connectivity index (χ1n) is 8.10. The standard InChI is InChI=1S/C17H23N3O2.ClH/c21-16(14-10-18-11-14)19-9-12-4-3-7-15(8-12)20-17(22)13-5-1-2-6-13;/h3-4,7-8,13-14,18H,1-2,5-6,9-11H2,(H,19,21)(H,20,22);1H. The van der Waals surface area contributed by atoms with Crippen LogP contribution in [-0.2, 0) is 16.1 Å². The summed E-state index contributed by atoms with van der Waals surface area (Å²) in [5.74, 6) is 0.484. The Morgan fingerprint density at radius 3 is 2.48 bits per heavy atom. The first-order chi connectivity index (χ1) is 10.7. The number of amides is 2. The van der Waals surface area contributed by atoms with Gasteiger partial charge in [0.25, 0.3) is 0 Å². The van der Waals surface area contributed by atoms with E-state index in [1.165, 1.54) is 0 Å². The van der Waals surface area contributed by atoms with E-state index in [9.17, 15) is 9.59 Å². The first kappa shape index (κ1) is 17.8. The minimum atomic E-state index is 0. The predicted octanol–water partition coefficient (Wildman–Crippen LogP) is 2.07. The molecular weight excluding hydrogens is 314 g/mol. The van der Waals surface area contributed by atoms with Gasteiger partial charge in [0.2, 0.25) is 11.8 Å². The van der Waals surface area contributed by atoms with E-state index >= 15 is 0 Å². The van der Waals surface area contributed by atoms with Gasteiger partial charge in [-0.05, 0) is 30.5 Å². The van der Waals surface area contributed by atoms with Crippen molar-refractivity contribution in [1.29, 1.82) is 0 Å². The number of carbonyl (C=O) groups is 2. The van der Waals surface area contributed by atoms with E-state index in [0.29, 0.717) is 6.54 Å². The molecule has 6 heteroatoms. The molecule has 23 heavy (non-hydrogen) atoms. The predicted molar refractivity (Wildman–Crippen MR) is 92.5 cm³/mol. The molecular formula is C17H24ClN3O2. The van der Waals surface area contributed by atoms with Crippen molar-refractivity contribution in [2.75, 3.05) is 18.4 Å². The molecule has 2 aliphatic rings. The topological polar surface area (TPSA) is 70.2 Å². The maximum absolute atomic E-state index is 12.1. The van der Waals surface area contributed by atoms with Gasteiger partial charge in [-0.25, -0.2) is 0 Å². The van der Waals surface area contributed by atoms with Gasteiger partial charge >= 0.3 is 0 Å². The zero-order valence-electron chi connectivity index (χ0n) is 13.1. The van der Waals surface area contributed by atoms with Crippen LogP contribution in [0, 0.1) is 11.8 Å². The Morgan fingerprint density at radius 2 is 1.83 bits per heavy atom. The Morgan fingerprint density at radius 1 is 1.09 bits per heavy atom. The number of carbonyl (C=O) groups excluding carboxylic acids is 2. The summed E-state index contributed by atoms with van der Waals surface area (Å²) in [7, 11) is 0. The minimum absolute atomic E-state index is 0. The summed E-state index contributed by atoms with van der Waals surface area (Å²) in [5, 5.41) is 9.03. The molecule has 3 N–H and O–H groups in total. The summed E-state index contributed by atoms with van der Waals surface area (Å²) in [6.07, 6.45) is 4.30. The Balaban J connectivity index is 0.00000192. The Labute approximate surface area is 143 Å². The molecule has 0 atom stereocenters. The molecule has 2 amide bonds. The number of benzene rings is 1. The SMILES string of the molecule is Cl.O=C(NCc1cccc(NC(=O)C2CCCC2)c1)C1CNC1. The van der Waals surface area contributed by atoms with Crippen LogP contribution in [0.1, 0.15) is 31.2 Å². The average molecular weight is 338 g/mol. The van der Waals surface area contributed by atoms with Gasteiger partial charge in [-0.1, -0.05) is 25.0 Å². The summed E-state index contributed by atoms with van der Waals surface area (Å²) >= 11 is 0. The summed E-state index contributed by atoms with van der Waals surface area (Å²) in [6, 6.07) is 7.71. The Hall–Kier alpha value is -1.59. The molecule has 0 radical (unpaired) electrons. The van der Waals surface area contributed by atoms with Crippen molar-refractivity contribution in [3.63, 3.8) is 0 Å². The third-order valence-corrected chi connectivity index (χ3v) is 4.54. The molecule has 126 valence electrons. The monoisotopic (exact) mass is 337 g/mol. The Bertz CT molecular complexity index is 555. The molecule has 1 heterocycles. The van der Waals surface area contributed by atoms with Crippen molar-refractivity contribution in [1.82, 2.24) is 10.6 Å². The maximum Gasteiger partial charge on any atom is 0.227 e. The number of rotatable bonds is 5. The lowest BCUT2D eigenvalue weighted by Crippen LogP contribution is -2.50. The maximum atomic E-state index is 12.1. The molecule has 0 bridgehead atoms. The van der Waals surface area contributed by atoms with Crippen molar-refractivity contribution in [2.45, 2.75) is 32.2 Å². The summed E-state index contributed by atoms with van der Waals surface area (Å²) in [5.41, 5.74) is 1.82. The summed E-state index contributed by atoms with van der Waals surface area (Å²) in [4.78, 5) is 24.0. The van der Waals surface area contributed by atoms with E-state index < -0.39 is 0 Å². The molecule has 1 aromatic rings. The minimum Gasteiger partial charge on any atom is -0.352 e. The lowest BCUT2D eigenvalue weighted by molar-refractivity contribution is -0.126. The highest BCUT2D eigenvalue weighted by Crippen LogP contribution is 2.26. The highest BCUT2D eigenvalue weighted by atomic mass is 35.5. The van der Waals surface area contributed by atoms with Crippen molar-refractivity contribution < 1.29 is 9.59 Å². The van der Waals surface area contributed by atoms with Crippen molar-refractivity contribution in [2.24, 2.45) is 11.8 Å². The lowest BCUT2D eigenvalue weighted by atomic mass is 10.0. The fourth-order valence-electron chi connectivity index (χ4n) is 3.00. The van der Waals surface area contributed by atoms with Crippen LogP contribution >= 0.6 is 12.4 Å². The van der Waals surface area contributed by atoms with Crippen LogP contribution in [-0.4, -0.2) is 24.9 Å². The van der Waals surface area contributed by atoms with Gasteiger partial charge in [0.15, 0.2) is 0 Å². The van der Waals surface area contributed by atoms with E-state index in [4.69, 9.17) is 0 Å². The van der Waals surface area contributed by atoms with E-state index in [2.05, 4.69) is 16.0 Å². The number of nitrogens with one attached hydrogen (secondary N) is 3. The van der Waals surface area contributed by atoms with Gasteiger partial charge in [-0.3, -0.25) is 9.59 Å². The van der Waals surface area contributed by atoms with Crippen LogP contribution in [0.3, 0.4) is 0 Å². The van der Waals surface area contributed by atoms with Crippen LogP contribution in [0.5, 0.6) is 0 Å². The van der Waals surface area contributed by atoms with Gasteiger partial charge in [-0.15, -0.1) is 12.4 Å². The zero-order chi connectivity index (χ0) is 15.4. The first-order valence-corrected chi connectivity index (χ1v) is 8.10. The molecule has 0 aromatic heterocycles. The number of halogens is 1. The van der Waals surface area contributed by atoms with Gasteiger partial charge in [0, 0.05) is 31.2 Å². The fraction of sp³-hybridized carbons (Fsp3) is 0.529. The van der Waals surface area contributed by atoms with Crippen molar-refractivity contribution in [3.8, 4) is 0 Å². The average Bonchev–Trinajstić information content (AvgIpc) is 2.98. The smallest absolute Gasteiger partial charge is 0.227 e. The fourth-order valence-corrected chi connectivity index (χ4v) is 3.00. The normalized spacial score (nSPS) is 17.9. The molecule has 2 fully saturated rings. The lowest BCUT2D eigenvalue weighted by Gasteiger charge is -2.25. The van der Waals surface area contributed by atoms with E-state index in [0.717, 1.165) is 50.0 Å². The quantitative estimate of drug-likeness (QED) is 0.770. The molecule has 1 saturated heterocycles. The van der Waals surface area contributed by atoms with E-state index in [-0.39, 0.29) is 36.1 Å². The summed E-state index contributed by atoms with van der Waals surface area (Å²) < 4.78 is 0. The largest absolute Gasteiger partial charge is 0.352 e. The molecule has 5 nitrogen and oxygen atoms in total. The zero-order valence-corrected chi connectivity index (χ0v) is 14.0. The second-order valence-electron chi connectivity index (χ2n) is 6.24. The van der Waals surface area contributed by atoms with Crippen LogP contribution in [0.25, 0.3) is 0 Å². The molecule has 1 saturated carbocycles. The highest BCUT2D eigenvalue weighted by Gasteiger charge is 2.24. The molecule has 1 aliphatic heterocycles. The summed E-state index contributed by atoms with van der Waals surface area (Å²) in [6.45, 7) is 2.04. The molecule has 0 unspecified atom stereocenters. The van der Waals surface area contributed by atoms with Crippen LogP contribution in [0.2, 0.25) is 0 Å². The second kappa shape index (κ2) is 8.31. The third-order valence-electron chi connectivity index (χ3n) is 4.54. The van der Waals surface area contributed by atoms with Crippen LogP contribution in [0.4, 0.5) is 5.69 Å². The van der Waals surface area contributed by atoms with Crippen molar-refractivity contribution in [3.05, 3.63) is 29.8 Å². The van der Waals surface area contributed by atoms with E-state index in [1.54, 1.807) is 0 Å². The number of anilines is 1. The van der Waals surface area contributed by atoms with Crippen LogP contribution < -0.4 is 16.0 Å². The molecule has 3 rings (SSSR count). The third kappa shape index (κ3) is 4.69. The Kier molecular flexibility index (Phi) is 6.42. The van der Waals surface area contributed by atoms with Gasteiger partial charge in [0.05, 0.1) is 5.92 Å². The van der Waals surface area contributed by atoms with E-state index in [1.807, 2.05) is 24.3 Å². The van der Waals surface area contributed by atoms with Crippen molar-refractivity contribution >= 4 is 29.9 Å². The van der Waals surface area contributed by atoms with Crippen LogP contribution in [0.15, 0.2) is 24.3 Å². The molecule has 0 spiro atoms. The van der Waals surface area contributed by atoms with Gasteiger partial charge < -0.3 is 16.0 Å². The second-order valence-corrected chi connectivity index (χ2v) is 6.24.